The highest BCUT2D eigenvalue weighted by molar-refractivity contribution is 4.82. The summed E-state index contributed by atoms with van der Waals surface area (Å²) in [4.78, 5) is 2.36. The molecule has 1 rings (SSSR count). The van der Waals surface area contributed by atoms with E-state index in [-0.39, 0.29) is 0 Å². The molecule has 3 N–H and O–H groups in total. The highest BCUT2D eigenvalue weighted by atomic mass is 16.5. The third-order valence-corrected chi connectivity index (χ3v) is 3.07. The largest absolute Gasteiger partial charge is 0.389 e. The molecule has 1 fully saturated rings. The Balaban J connectivity index is 2.42. The van der Waals surface area contributed by atoms with E-state index in [4.69, 9.17) is 10.5 Å². The number of nitrogens with zero attached hydrogens (tertiary/aromatic N) is 1. The molecule has 15 heavy (non-hydrogen) atoms. The molecular formula is C11H24N2O2. The van der Waals surface area contributed by atoms with Gasteiger partial charge in [0.1, 0.15) is 0 Å². The van der Waals surface area contributed by atoms with Gasteiger partial charge in [0.25, 0.3) is 0 Å². The standard InChI is InChI=1S/C11H24N2O2/c1-9(6-11(3,14)8-12)13-4-5-15-10(2)7-13/h9-10,14H,4-8,12H2,1-3H3. The topological polar surface area (TPSA) is 58.7 Å². The summed E-state index contributed by atoms with van der Waals surface area (Å²) in [7, 11) is 0. The molecule has 0 aliphatic carbocycles. The predicted molar refractivity (Wildman–Crippen MR) is 60.7 cm³/mol. The van der Waals surface area contributed by atoms with Gasteiger partial charge in [0.15, 0.2) is 0 Å². The third kappa shape index (κ3) is 4.07. The van der Waals surface area contributed by atoms with Crippen LogP contribution in [0.5, 0.6) is 0 Å². The van der Waals surface area contributed by atoms with Crippen LogP contribution in [-0.4, -0.2) is 54.0 Å². The van der Waals surface area contributed by atoms with E-state index < -0.39 is 5.60 Å². The first kappa shape index (κ1) is 12.9. The van der Waals surface area contributed by atoms with E-state index in [1.54, 1.807) is 6.92 Å². The van der Waals surface area contributed by atoms with Crippen molar-refractivity contribution in [1.82, 2.24) is 4.90 Å². The minimum absolute atomic E-state index is 0.295. The molecule has 0 radical (unpaired) electrons. The van der Waals surface area contributed by atoms with Gasteiger partial charge in [0, 0.05) is 25.7 Å². The lowest BCUT2D eigenvalue weighted by atomic mass is 9.96. The Labute approximate surface area is 92.4 Å². The summed E-state index contributed by atoms with van der Waals surface area (Å²) >= 11 is 0. The van der Waals surface area contributed by atoms with Crippen molar-refractivity contribution in [3.8, 4) is 0 Å². The molecule has 0 saturated carbocycles. The van der Waals surface area contributed by atoms with Crippen LogP contribution in [0.1, 0.15) is 27.2 Å². The Morgan fingerprint density at radius 2 is 2.33 bits per heavy atom. The molecule has 1 aliphatic heterocycles. The maximum atomic E-state index is 9.91. The summed E-state index contributed by atoms with van der Waals surface area (Å²) < 4.78 is 5.49. The Morgan fingerprint density at radius 3 is 2.87 bits per heavy atom. The van der Waals surface area contributed by atoms with Crippen LogP contribution in [0.25, 0.3) is 0 Å². The number of rotatable bonds is 4. The summed E-state index contributed by atoms with van der Waals surface area (Å²) in [5, 5.41) is 9.91. The fourth-order valence-corrected chi connectivity index (χ4v) is 2.09. The second-order valence-corrected chi connectivity index (χ2v) is 4.93. The van der Waals surface area contributed by atoms with Gasteiger partial charge in [-0.05, 0) is 27.2 Å². The zero-order chi connectivity index (χ0) is 11.5. The first-order valence-corrected chi connectivity index (χ1v) is 5.73. The van der Waals surface area contributed by atoms with Crippen LogP contribution in [0.15, 0.2) is 0 Å². The zero-order valence-corrected chi connectivity index (χ0v) is 10.1. The van der Waals surface area contributed by atoms with Gasteiger partial charge in [0.2, 0.25) is 0 Å². The van der Waals surface area contributed by atoms with Gasteiger partial charge in [-0.15, -0.1) is 0 Å². The maximum absolute atomic E-state index is 9.91. The molecule has 1 aliphatic rings. The van der Waals surface area contributed by atoms with Crippen LogP contribution in [0.4, 0.5) is 0 Å². The molecule has 0 aromatic rings. The van der Waals surface area contributed by atoms with Gasteiger partial charge in [-0.1, -0.05) is 0 Å². The van der Waals surface area contributed by atoms with E-state index >= 15 is 0 Å². The van der Waals surface area contributed by atoms with Gasteiger partial charge in [0.05, 0.1) is 18.3 Å². The highest BCUT2D eigenvalue weighted by Crippen LogP contribution is 2.17. The molecule has 1 saturated heterocycles. The summed E-state index contributed by atoms with van der Waals surface area (Å²) in [6.07, 6.45) is 1.01. The molecule has 3 unspecified atom stereocenters. The number of morpholine rings is 1. The molecule has 0 spiro atoms. The molecule has 90 valence electrons. The molecule has 3 atom stereocenters. The van der Waals surface area contributed by atoms with Crippen molar-refractivity contribution in [2.24, 2.45) is 5.73 Å². The first-order valence-electron chi connectivity index (χ1n) is 5.73. The van der Waals surface area contributed by atoms with Crippen molar-refractivity contribution in [2.75, 3.05) is 26.2 Å². The first-order chi connectivity index (χ1) is 6.94. The second kappa shape index (κ2) is 5.25. The van der Waals surface area contributed by atoms with Crippen LogP contribution in [0.2, 0.25) is 0 Å². The summed E-state index contributed by atoms with van der Waals surface area (Å²) in [6, 6.07) is 0.356. The van der Waals surface area contributed by atoms with E-state index in [0.29, 0.717) is 18.7 Å². The monoisotopic (exact) mass is 216 g/mol. The average molecular weight is 216 g/mol. The summed E-state index contributed by atoms with van der Waals surface area (Å²) in [6.45, 7) is 9.02. The number of hydrogen-bond acceptors (Lipinski definition) is 4. The predicted octanol–water partition coefficient (Wildman–Crippen LogP) is 0.195. The number of nitrogens with two attached hydrogens (primary N) is 1. The lowest BCUT2D eigenvalue weighted by molar-refractivity contribution is -0.0473. The Hall–Kier alpha value is -0.160. The van der Waals surface area contributed by atoms with Gasteiger partial charge in [-0.3, -0.25) is 4.90 Å². The second-order valence-electron chi connectivity index (χ2n) is 4.93. The van der Waals surface area contributed by atoms with E-state index in [9.17, 15) is 5.11 Å². The van der Waals surface area contributed by atoms with E-state index in [1.165, 1.54) is 0 Å². The van der Waals surface area contributed by atoms with Crippen molar-refractivity contribution in [2.45, 2.75) is 44.9 Å². The summed E-state index contributed by atoms with van der Waals surface area (Å²) in [5.41, 5.74) is 4.77. The highest BCUT2D eigenvalue weighted by Gasteiger charge is 2.27. The third-order valence-electron chi connectivity index (χ3n) is 3.07. The molecule has 4 heteroatoms. The van der Waals surface area contributed by atoms with Crippen LogP contribution >= 0.6 is 0 Å². The van der Waals surface area contributed by atoms with Crippen LogP contribution in [0.3, 0.4) is 0 Å². The molecule has 1 heterocycles. The molecule has 0 bridgehead atoms. The number of hydrogen-bond donors (Lipinski definition) is 2. The summed E-state index contributed by atoms with van der Waals surface area (Å²) in [5.74, 6) is 0. The quantitative estimate of drug-likeness (QED) is 0.704. The minimum atomic E-state index is -0.749. The Bertz CT molecular complexity index is 197. The lowest BCUT2D eigenvalue weighted by Gasteiger charge is -2.38. The average Bonchev–Trinajstić information content (AvgIpc) is 2.17. The minimum Gasteiger partial charge on any atom is -0.389 e. The van der Waals surface area contributed by atoms with Gasteiger partial charge >= 0.3 is 0 Å². The van der Waals surface area contributed by atoms with Crippen LogP contribution in [-0.2, 0) is 4.74 Å². The molecule has 0 amide bonds. The zero-order valence-electron chi connectivity index (χ0n) is 10.1. The molecule has 0 aromatic heterocycles. The Kier molecular flexibility index (Phi) is 4.52. The van der Waals surface area contributed by atoms with Gasteiger partial charge in [-0.25, -0.2) is 0 Å². The van der Waals surface area contributed by atoms with Crippen molar-refractivity contribution in [3.05, 3.63) is 0 Å². The SMILES string of the molecule is CC1CN(C(C)CC(C)(O)CN)CCO1. The van der Waals surface area contributed by atoms with Crippen molar-refractivity contribution in [1.29, 1.82) is 0 Å². The van der Waals surface area contributed by atoms with Crippen molar-refractivity contribution in [3.63, 3.8) is 0 Å². The maximum Gasteiger partial charge on any atom is 0.0756 e. The van der Waals surface area contributed by atoms with E-state index in [0.717, 1.165) is 26.1 Å². The van der Waals surface area contributed by atoms with Crippen LogP contribution < -0.4 is 5.73 Å². The van der Waals surface area contributed by atoms with E-state index in [1.807, 2.05) is 0 Å². The van der Waals surface area contributed by atoms with Gasteiger partial charge < -0.3 is 15.6 Å². The molecule has 4 nitrogen and oxygen atoms in total. The van der Waals surface area contributed by atoms with E-state index in [2.05, 4.69) is 18.7 Å². The smallest absolute Gasteiger partial charge is 0.0756 e. The Morgan fingerprint density at radius 1 is 1.67 bits per heavy atom. The number of ether oxygens (including phenoxy) is 1. The van der Waals surface area contributed by atoms with Crippen molar-refractivity contribution >= 4 is 0 Å². The molecular weight excluding hydrogens is 192 g/mol. The fourth-order valence-electron chi connectivity index (χ4n) is 2.09. The van der Waals surface area contributed by atoms with Gasteiger partial charge in [-0.2, -0.15) is 0 Å². The number of aliphatic hydroxyl groups is 1. The normalized spacial score (nSPS) is 29.8. The van der Waals surface area contributed by atoms with Crippen LogP contribution in [0, 0.1) is 0 Å². The fraction of sp³-hybridized carbons (Fsp3) is 1.00. The van der Waals surface area contributed by atoms with Crippen molar-refractivity contribution < 1.29 is 9.84 Å². The lowest BCUT2D eigenvalue weighted by Crippen LogP contribution is -2.49. The molecule has 0 aromatic carbocycles.